The molecule has 0 aliphatic carbocycles. The lowest BCUT2D eigenvalue weighted by atomic mass is 9.99. The molecular weight excluding hydrogens is 517 g/mol. The molecule has 2 rings (SSSR count). The van der Waals surface area contributed by atoms with Gasteiger partial charge < -0.3 is 25.4 Å². The average molecular weight is 541 g/mol. The number of esters is 2. The highest BCUT2D eigenvalue weighted by Crippen LogP contribution is 2.23. The van der Waals surface area contributed by atoms with E-state index in [0.717, 1.165) is 5.56 Å². The molecule has 0 aliphatic rings. The molecule has 2 aromatic carbocycles. The second-order valence-electron chi connectivity index (χ2n) is 6.84. The van der Waals surface area contributed by atoms with Crippen LogP contribution in [-0.4, -0.2) is 40.8 Å². The Morgan fingerprint density at radius 1 is 1.06 bits per heavy atom. The van der Waals surface area contributed by atoms with Gasteiger partial charge in [0.2, 0.25) is 0 Å². The van der Waals surface area contributed by atoms with Gasteiger partial charge in [0.1, 0.15) is 17.5 Å². The fourth-order valence-corrected chi connectivity index (χ4v) is 3.39. The number of aryl methyl sites for hydroxylation is 1. The zero-order valence-electron chi connectivity index (χ0n) is 16.9. The predicted molar refractivity (Wildman–Crippen MR) is 121 cm³/mol. The van der Waals surface area contributed by atoms with Gasteiger partial charge in [-0.15, -0.1) is 0 Å². The Hall–Kier alpha value is -2.66. The normalized spacial score (nSPS) is 12.6. The van der Waals surface area contributed by atoms with Crippen LogP contribution in [0.25, 0.3) is 0 Å². The van der Waals surface area contributed by atoms with Crippen molar-refractivity contribution in [2.24, 2.45) is 11.7 Å². The lowest BCUT2D eigenvalue weighted by molar-refractivity contribution is -0.157. The SMILES string of the molecule is CCOC(=O)C(CCc1ccc(O)c(I)c1)C(=O)Oc1ccc(C[C@H](N)C(=O)O)cc1. The van der Waals surface area contributed by atoms with E-state index < -0.39 is 29.9 Å². The Kier molecular flexibility index (Phi) is 9.25. The number of aromatic hydroxyl groups is 1. The highest BCUT2D eigenvalue weighted by atomic mass is 127. The topological polar surface area (TPSA) is 136 Å². The summed E-state index contributed by atoms with van der Waals surface area (Å²) in [6, 6.07) is 10.3. The van der Waals surface area contributed by atoms with E-state index in [0.29, 0.717) is 15.6 Å². The molecular formula is C22H24INO7. The minimum Gasteiger partial charge on any atom is -0.507 e. The number of carbonyl (C=O) groups is 3. The molecule has 2 atom stereocenters. The van der Waals surface area contributed by atoms with Crippen molar-refractivity contribution in [1.82, 2.24) is 0 Å². The van der Waals surface area contributed by atoms with Gasteiger partial charge in [0, 0.05) is 0 Å². The first kappa shape index (κ1) is 24.6. The van der Waals surface area contributed by atoms with Crippen LogP contribution in [-0.2, 0) is 32.0 Å². The van der Waals surface area contributed by atoms with Crippen molar-refractivity contribution in [3.8, 4) is 11.5 Å². The minimum atomic E-state index is -1.11. The molecule has 0 aromatic heterocycles. The maximum Gasteiger partial charge on any atom is 0.325 e. The van der Waals surface area contributed by atoms with Crippen molar-refractivity contribution in [3.63, 3.8) is 0 Å². The van der Waals surface area contributed by atoms with Crippen LogP contribution in [0.2, 0.25) is 0 Å². The zero-order chi connectivity index (χ0) is 23.0. The summed E-state index contributed by atoms with van der Waals surface area (Å²) in [5, 5.41) is 18.5. The number of carboxylic acid groups (broad SMARTS) is 1. The number of hydrogen-bond donors (Lipinski definition) is 3. The van der Waals surface area contributed by atoms with E-state index in [1.165, 1.54) is 12.1 Å². The fourth-order valence-electron chi connectivity index (χ4n) is 2.81. The summed E-state index contributed by atoms with van der Waals surface area (Å²) in [4.78, 5) is 35.8. The first-order chi connectivity index (χ1) is 14.7. The molecule has 31 heavy (non-hydrogen) atoms. The largest absolute Gasteiger partial charge is 0.507 e. The number of halogens is 1. The molecule has 1 unspecified atom stereocenters. The maximum absolute atomic E-state index is 12.7. The molecule has 0 radical (unpaired) electrons. The monoisotopic (exact) mass is 541 g/mol. The summed E-state index contributed by atoms with van der Waals surface area (Å²) >= 11 is 2.00. The number of carboxylic acids is 1. The van der Waals surface area contributed by atoms with Crippen molar-refractivity contribution < 1.29 is 34.1 Å². The molecule has 0 saturated carbocycles. The van der Waals surface area contributed by atoms with Crippen LogP contribution in [0.1, 0.15) is 24.5 Å². The lowest BCUT2D eigenvalue weighted by Crippen LogP contribution is -2.32. The number of hydrogen-bond acceptors (Lipinski definition) is 7. The molecule has 0 heterocycles. The van der Waals surface area contributed by atoms with Gasteiger partial charge in [-0.05, 0) is 84.2 Å². The summed E-state index contributed by atoms with van der Waals surface area (Å²) in [7, 11) is 0. The van der Waals surface area contributed by atoms with E-state index in [4.69, 9.17) is 20.3 Å². The Morgan fingerprint density at radius 2 is 1.71 bits per heavy atom. The van der Waals surface area contributed by atoms with Gasteiger partial charge in [-0.3, -0.25) is 14.4 Å². The van der Waals surface area contributed by atoms with Gasteiger partial charge in [0.25, 0.3) is 0 Å². The molecule has 166 valence electrons. The smallest absolute Gasteiger partial charge is 0.325 e. The molecule has 0 amide bonds. The van der Waals surface area contributed by atoms with E-state index in [-0.39, 0.29) is 30.9 Å². The van der Waals surface area contributed by atoms with Gasteiger partial charge >= 0.3 is 17.9 Å². The van der Waals surface area contributed by atoms with Gasteiger partial charge in [0.15, 0.2) is 5.92 Å². The van der Waals surface area contributed by atoms with Crippen LogP contribution in [0.15, 0.2) is 42.5 Å². The van der Waals surface area contributed by atoms with E-state index in [9.17, 15) is 19.5 Å². The number of ether oxygens (including phenoxy) is 2. The Morgan fingerprint density at radius 3 is 2.29 bits per heavy atom. The highest BCUT2D eigenvalue weighted by molar-refractivity contribution is 14.1. The third-order valence-corrected chi connectivity index (χ3v) is 5.37. The number of carbonyl (C=O) groups excluding carboxylic acids is 2. The van der Waals surface area contributed by atoms with Crippen LogP contribution in [0.4, 0.5) is 0 Å². The molecule has 0 aliphatic heterocycles. The van der Waals surface area contributed by atoms with Crippen molar-refractivity contribution in [1.29, 1.82) is 0 Å². The van der Waals surface area contributed by atoms with Crippen LogP contribution in [0, 0.1) is 9.49 Å². The third kappa shape index (κ3) is 7.51. The first-order valence-electron chi connectivity index (χ1n) is 9.64. The molecule has 4 N–H and O–H groups in total. The van der Waals surface area contributed by atoms with E-state index in [1.807, 2.05) is 22.6 Å². The molecule has 8 nitrogen and oxygen atoms in total. The van der Waals surface area contributed by atoms with Crippen molar-refractivity contribution in [2.45, 2.75) is 32.2 Å². The molecule has 0 saturated heterocycles. The second kappa shape index (κ2) is 11.7. The fraction of sp³-hybridized carbons (Fsp3) is 0.318. The quantitative estimate of drug-likeness (QED) is 0.181. The van der Waals surface area contributed by atoms with Crippen molar-refractivity contribution >= 4 is 40.5 Å². The van der Waals surface area contributed by atoms with Crippen LogP contribution < -0.4 is 10.5 Å². The average Bonchev–Trinajstić information content (AvgIpc) is 2.72. The van der Waals surface area contributed by atoms with Gasteiger partial charge in [-0.1, -0.05) is 18.2 Å². The van der Waals surface area contributed by atoms with Crippen LogP contribution in [0.5, 0.6) is 11.5 Å². The lowest BCUT2D eigenvalue weighted by Gasteiger charge is -2.15. The molecule has 0 bridgehead atoms. The minimum absolute atomic E-state index is 0.137. The third-order valence-electron chi connectivity index (χ3n) is 4.50. The summed E-state index contributed by atoms with van der Waals surface area (Å²) in [6.07, 6.45) is 0.741. The molecule has 9 heteroatoms. The summed E-state index contributed by atoms with van der Waals surface area (Å²) < 4.78 is 11.1. The number of rotatable bonds is 10. The number of nitrogens with two attached hydrogens (primary N) is 1. The Labute approximate surface area is 193 Å². The van der Waals surface area contributed by atoms with E-state index in [1.54, 1.807) is 37.3 Å². The van der Waals surface area contributed by atoms with Crippen molar-refractivity contribution in [2.75, 3.05) is 6.61 Å². The molecule has 0 spiro atoms. The van der Waals surface area contributed by atoms with Gasteiger partial charge in [-0.25, -0.2) is 0 Å². The highest BCUT2D eigenvalue weighted by Gasteiger charge is 2.30. The van der Waals surface area contributed by atoms with Gasteiger partial charge in [0.05, 0.1) is 10.2 Å². The Balaban J connectivity index is 2.05. The number of phenols is 1. The number of benzene rings is 2. The van der Waals surface area contributed by atoms with Crippen molar-refractivity contribution in [3.05, 3.63) is 57.2 Å². The predicted octanol–water partition coefficient (Wildman–Crippen LogP) is 2.67. The van der Waals surface area contributed by atoms with Crippen LogP contribution >= 0.6 is 22.6 Å². The first-order valence-corrected chi connectivity index (χ1v) is 10.7. The molecule has 2 aromatic rings. The van der Waals surface area contributed by atoms with Crippen LogP contribution in [0.3, 0.4) is 0 Å². The molecule has 0 fully saturated rings. The number of aliphatic carboxylic acids is 1. The number of phenolic OH excluding ortho intramolecular Hbond substituents is 1. The van der Waals surface area contributed by atoms with E-state index in [2.05, 4.69) is 0 Å². The summed E-state index contributed by atoms with van der Waals surface area (Å²) in [5.41, 5.74) is 7.06. The second-order valence-corrected chi connectivity index (χ2v) is 8.01. The summed E-state index contributed by atoms with van der Waals surface area (Å²) in [6.45, 7) is 1.79. The van der Waals surface area contributed by atoms with E-state index >= 15 is 0 Å². The van der Waals surface area contributed by atoms with Gasteiger partial charge in [-0.2, -0.15) is 0 Å². The standard InChI is InChI=1S/C22H24INO7/c1-2-30-21(28)16(9-5-13-6-10-19(25)17(23)11-13)22(29)31-15-7-3-14(4-8-15)12-18(24)20(26)27/h3-4,6-8,10-11,16,18,25H,2,5,9,12,24H2,1H3,(H,26,27)/t16?,18-/m0/s1. The maximum atomic E-state index is 12.7. The Bertz CT molecular complexity index is 930. The zero-order valence-corrected chi connectivity index (χ0v) is 19.1. The summed E-state index contributed by atoms with van der Waals surface area (Å²) in [5.74, 6) is -3.21.